The van der Waals surface area contributed by atoms with Crippen LogP contribution in [0, 0.1) is 5.92 Å². The van der Waals surface area contributed by atoms with E-state index >= 15 is 0 Å². The molecule has 0 unspecified atom stereocenters. The fourth-order valence-corrected chi connectivity index (χ4v) is 1.97. The van der Waals surface area contributed by atoms with Crippen molar-refractivity contribution in [2.45, 2.75) is 47.0 Å². The van der Waals surface area contributed by atoms with Crippen molar-refractivity contribution in [2.24, 2.45) is 5.92 Å². The van der Waals surface area contributed by atoms with Gasteiger partial charge in [0.05, 0.1) is 6.61 Å². The van der Waals surface area contributed by atoms with Gasteiger partial charge in [0.2, 0.25) is 11.9 Å². The first-order valence-corrected chi connectivity index (χ1v) is 7.53. The minimum absolute atomic E-state index is 0.212. The Morgan fingerprint density at radius 3 is 2.35 bits per heavy atom. The second kappa shape index (κ2) is 8.55. The fourth-order valence-electron chi connectivity index (χ4n) is 1.97. The number of nitrogen functional groups attached to an aromatic ring is 1. The van der Waals surface area contributed by atoms with Gasteiger partial charge in [-0.2, -0.15) is 15.0 Å². The van der Waals surface area contributed by atoms with E-state index in [2.05, 4.69) is 40.6 Å². The van der Waals surface area contributed by atoms with Crippen molar-refractivity contribution in [3.05, 3.63) is 0 Å². The van der Waals surface area contributed by atoms with Gasteiger partial charge in [-0.15, -0.1) is 0 Å². The number of rotatable bonds is 9. The van der Waals surface area contributed by atoms with Crippen LogP contribution in [0.5, 0.6) is 6.01 Å². The first-order chi connectivity index (χ1) is 9.64. The minimum Gasteiger partial charge on any atom is -0.463 e. The number of aromatic nitrogens is 3. The summed E-state index contributed by atoms with van der Waals surface area (Å²) in [5.41, 5.74) is 5.75. The molecule has 0 radical (unpaired) electrons. The van der Waals surface area contributed by atoms with Crippen LogP contribution in [-0.2, 0) is 0 Å². The van der Waals surface area contributed by atoms with Gasteiger partial charge in [0.15, 0.2) is 0 Å². The van der Waals surface area contributed by atoms with Gasteiger partial charge >= 0.3 is 6.01 Å². The summed E-state index contributed by atoms with van der Waals surface area (Å²) in [6, 6.07) is 0.317. The highest BCUT2D eigenvalue weighted by Crippen LogP contribution is 2.17. The predicted octanol–water partition coefficient (Wildman–Crippen LogP) is 2.51. The summed E-state index contributed by atoms with van der Waals surface area (Å²) in [4.78, 5) is 14.7. The molecule has 2 N–H and O–H groups in total. The van der Waals surface area contributed by atoms with Crippen LogP contribution in [-0.4, -0.2) is 34.6 Å². The molecular weight excluding hydrogens is 254 g/mol. The van der Waals surface area contributed by atoms with Crippen LogP contribution in [0.2, 0.25) is 0 Å². The SMILES string of the molecule is CCCOc1nc(N)nc(N(CC)CC(CC)CC)n1. The number of nitrogens with two attached hydrogens (primary N) is 1. The van der Waals surface area contributed by atoms with Crippen molar-refractivity contribution < 1.29 is 4.74 Å². The molecule has 0 atom stereocenters. The molecule has 0 aliphatic heterocycles. The molecule has 0 saturated carbocycles. The maximum Gasteiger partial charge on any atom is 0.323 e. The van der Waals surface area contributed by atoms with Gasteiger partial charge < -0.3 is 15.4 Å². The lowest BCUT2D eigenvalue weighted by Gasteiger charge is -2.25. The Kier molecular flexibility index (Phi) is 7.04. The molecule has 6 nitrogen and oxygen atoms in total. The maximum absolute atomic E-state index is 5.75. The van der Waals surface area contributed by atoms with Crippen molar-refractivity contribution in [1.82, 2.24) is 15.0 Å². The monoisotopic (exact) mass is 281 g/mol. The zero-order chi connectivity index (χ0) is 15.0. The number of anilines is 2. The van der Waals surface area contributed by atoms with Crippen LogP contribution in [0.25, 0.3) is 0 Å². The average molecular weight is 281 g/mol. The summed E-state index contributed by atoms with van der Waals surface area (Å²) < 4.78 is 5.46. The van der Waals surface area contributed by atoms with Gasteiger partial charge in [-0.3, -0.25) is 0 Å². The Hall–Kier alpha value is -1.59. The highest BCUT2D eigenvalue weighted by Gasteiger charge is 2.15. The predicted molar refractivity (Wildman–Crippen MR) is 82.0 cm³/mol. The summed E-state index contributed by atoms with van der Waals surface area (Å²) in [5, 5.41) is 0. The third-order valence-corrected chi connectivity index (χ3v) is 3.35. The summed E-state index contributed by atoms with van der Waals surface area (Å²) in [5.74, 6) is 1.45. The molecule has 0 aromatic carbocycles. The Labute approximate surface area is 121 Å². The number of ether oxygens (including phenoxy) is 1. The van der Waals surface area contributed by atoms with Gasteiger partial charge in [-0.25, -0.2) is 0 Å². The topological polar surface area (TPSA) is 77.2 Å². The first kappa shape index (κ1) is 16.5. The fraction of sp³-hybridized carbons (Fsp3) is 0.786. The molecule has 1 aromatic heterocycles. The molecule has 0 aliphatic rings. The Morgan fingerprint density at radius 2 is 1.80 bits per heavy atom. The van der Waals surface area contributed by atoms with E-state index < -0.39 is 0 Å². The Bertz CT molecular complexity index is 395. The van der Waals surface area contributed by atoms with Crippen molar-refractivity contribution in [3.8, 4) is 6.01 Å². The lowest BCUT2D eigenvalue weighted by Crippen LogP contribution is -2.31. The highest BCUT2D eigenvalue weighted by molar-refractivity contribution is 5.35. The van der Waals surface area contributed by atoms with E-state index in [1.807, 2.05) is 6.92 Å². The van der Waals surface area contributed by atoms with Gasteiger partial charge in [-0.1, -0.05) is 33.6 Å². The van der Waals surface area contributed by atoms with Crippen LogP contribution in [0.1, 0.15) is 47.0 Å². The number of hydrogen-bond acceptors (Lipinski definition) is 6. The lowest BCUT2D eigenvalue weighted by atomic mass is 10.0. The molecule has 6 heteroatoms. The first-order valence-electron chi connectivity index (χ1n) is 7.53. The highest BCUT2D eigenvalue weighted by atomic mass is 16.5. The van der Waals surface area contributed by atoms with E-state index in [9.17, 15) is 0 Å². The molecule has 0 aliphatic carbocycles. The molecule has 0 bridgehead atoms. The van der Waals surface area contributed by atoms with Crippen molar-refractivity contribution in [1.29, 1.82) is 0 Å². The third-order valence-electron chi connectivity index (χ3n) is 3.35. The Morgan fingerprint density at radius 1 is 1.10 bits per heavy atom. The second-order valence-electron chi connectivity index (χ2n) is 4.85. The molecule has 0 fully saturated rings. The minimum atomic E-state index is 0.212. The van der Waals surface area contributed by atoms with E-state index in [1.54, 1.807) is 0 Å². The van der Waals surface area contributed by atoms with Gasteiger partial charge in [0.25, 0.3) is 0 Å². The summed E-state index contributed by atoms with van der Waals surface area (Å²) in [6.45, 7) is 10.9. The third kappa shape index (κ3) is 4.83. The molecule has 0 spiro atoms. The van der Waals surface area contributed by atoms with Gasteiger partial charge in [0, 0.05) is 13.1 Å². The van der Waals surface area contributed by atoms with Crippen molar-refractivity contribution >= 4 is 11.9 Å². The zero-order valence-electron chi connectivity index (χ0n) is 13.1. The van der Waals surface area contributed by atoms with Crippen LogP contribution >= 0.6 is 0 Å². The van der Waals surface area contributed by atoms with Crippen molar-refractivity contribution in [3.63, 3.8) is 0 Å². The van der Waals surface area contributed by atoms with E-state index in [0.717, 1.165) is 32.4 Å². The second-order valence-corrected chi connectivity index (χ2v) is 4.85. The summed E-state index contributed by atoms with van der Waals surface area (Å²) in [6.07, 6.45) is 3.20. The normalized spacial score (nSPS) is 10.8. The Balaban J connectivity index is 2.87. The molecular formula is C14H27N5O. The molecule has 1 rings (SSSR count). The number of nitrogens with zero attached hydrogens (tertiary/aromatic N) is 4. The van der Waals surface area contributed by atoms with Crippen molar-refractivity contribution in [2.75, 3.05) is 30.3 Å². The van der Waals surface area contributed by atoms with Crippen LogP contribution in [0.4, 0.5) is 11.9 Å². The molecule has 0 amide bonds. The number of hydrogen-bond donors (Lipinski definition) is 1. The maximum atomic E-state index is 5.75. The largest absolute Gasteiger partial charge is 0.463 e. The molecule has 1 heterocycles. The van der Waals surface area contributed by atoms with Crippen LogP contribution < -0.4 is 15.4 Å². The smallest absolute Gasteiger partial charge is 0.323 e. The summed E-state index contributed by atoms with van der Waals surface area (Å²) >= 11 is 0. The molecule has 1 aromatic rings. The molecule has 0 saturated heterocycles. The van der Waals surface area contributed by atoms with Gasteiger partial charge in [-0.05, 0) is 19.3 Å². The van der Waals surface area contributed by atoms with Crippen LogP contribution in [0.3, 0.4) is 0 Å². The van der Waals surface area contributed by atoms with Crippen LogP contribution in [0.15, 0.2) is 0 Å². The summed E-state index contributed by atoms with van der Waals surface area (Å²) in [7, 11) is 0. The lowest BCUT2D eigenvalue weighted by molar-refractivity contribution is 0.291. The van der Waals surface area contributed by atoms with E-state index in [1.165, 1.54) is 0 Å². The standard InChI is InChI=1S/C14H27N5O/c1-5-9-20-14-17-12(15)16-13(18-14)19(8-4)10-11(6-2)7-3/h11H,5-10H2,1-4H3,(H2,15,16,17,18). The van der Waals surface area contributed by atoms with E-state index in [0.29, 0.717) is 24.5 Å². The average Bonchev–Trinajstić information content (AvgIpc) is 2.46. The van der Waals surface area contributed by atoms with E-state index in [-0.39, 0.29) is 5.95 Å². The molecule has 20 heavy (non-hydrogen) atoms. The van der Waals surface area contributed by atoms with E-state index in [4.69, 9.17) is 10.5 Å². The zero-order valence-corrected chi connectivity index (χ0v) is 13.1. The quantitative estimate of drug-likeness (QED) is 0.749. The molecule has 114 valence electrons. The van der Waals surface area contributed by atoms with Gasteiger partial charge in [0.1, 0.15) is 0 Å².